The Balaban J connectivity index is 1.58. The molecule has 31 heavy (non-hydrogen) atoms. The number of benzene rings is 3. The number of hydrogen-bond donors (Lipinski definition) is 2. The monoisotopic (exact) mass is 454 g/mol. The molecule has 1 aliphatic carbocycles. The molecule has 1 aliphatic heterocycles. The van der Waals surface area contributed by atoms with Crippen LogP contribution in [0, 0.1) is 16.0 Å². The van der Waals surface area contributed by atoms with Gasteiger partial charge in [0.2, 0.25) is 0 Å². The lowest BCUT2D eigenvalue weighted by Crippen LogP contribution is -2.42. The highest BCUT2D eigenvalue weighted by atomic mass is 35.5. The molecule has 0 unspecified atom stereocenters. The third-order valence-corrected chi connectivity index (χ3v) is 8.43. The molecular weight excluding hydrogens is 436 g/mol. The van der Waals surface area contributed by atoms with E-state index in [0.717, 1.165) is 22.0 Å². The molecule has 1 saturated carbocycles. The van der Waals surface area contributed by atoms with Crippen molar-refractivity contribution in [1.29, 1.82) is 0 Å². The van der Waals surface area contributed by atoms with Crippen LogP contribution in [0.25, 0.3) is 10.8 Å². The fourth-order valence-corrected chi connectivity index (χ4v) is 6.95. The van der Waals surface area contributed by atoms with E-state index in [2.05, 4.69) is 5.32 Å². The number of carboxylic acids is 1. The van der Waals surface area contributed by atoms with Gasteiger partial charge in [-0.2, -0.15) is 0 Å². The molecular formula is C23H19ClN2O4S. The second-order valence-corrected chi connectivity index (χ2v) is 9.74. The van der Waals surface area contributed by atoms with E-state index in [9.17, 15) is 20.0 Å². The standard InChI is InChI=1S/C23H19ClN2O4S/c24-21-18(31-17-8-4-3-7-16(17)26(29)30)11-14-20(21)19-13-6-2-1-5-12(13)9-10-15(19)25-22(14)23(27)28/h1-10,14,18,20-22,25H,11H2,(H,27,28)/t14-,18+,20+,21+,22-/m1/s1. The van der Waals surface area contributed by atoms with E-state index >= 15 is 0 Å². The molecule has 1 heterocycles. The number of carbonyl (C=O) groups is 1. The van der Waals surface area contributed by atoms with Gasteiger partial charge in [-0.15, -0.1) is 23.4 Å². The highest BCUT2D eigenvalue weighted by Gasteiger charge is 2.52. The molecule has 0 spiro atoms. The molecule has 6 nitrogen and oxygen atoms in total. The van der Waals surface area contributed by atoms with E-state index in [1.807, 2.05) is 36.4 Å². The zero-order valence-corrected chi connectivity index (χ0v) is 17.8. The van der Waals surface area contributed by atoms with Crippen molar-refractivity contribution in [3.05, 3.63) is 76.3 Å². The van der Waals surface area contributed by atoms with Crippen molar-refractivity contribution < 1.29 is 14.8 Å². The molecule has 158 valence electrons. The molecule has 3 aromatic carbocycles. The number of nitro groups is 1. The Hall–Kier alpha value is -2.77. The topological polar surface area (TPSA) is 92.5 Å². The van der Waals surface area contributed by atoms with E-state index in [1.54, 1.807) is 18.2 Å². The van der Waals surface area contributed by atoms with Crippen LogP contribution in [0.1, 0.15) is 17.9 Å². The van der Waals surface area contributed by atoms with Crippen molar-refractivity contribution in [1.82, 2.24) is 0 Å². The Labute approximate surface area is 187 Å². The van der Waals surface area contributed by atoms with Crippen LogP contribution < -0.4 is 5.32 Å². The number of fused-ring (bicyclic) bond motifs is 5. The summed E-state index contributed by atoms with van der Waals surface area (Å²) in [5.41, 5.74) is 1.89. The van der Waals surface area contributed by atoms with E-state index in [-0.39, 0.29) is 28.2 Å². The maximum atomic E-state index is 12.1. The largest absolute Gasteiger partial charge is 0.480 e. The molecule has 2 N–H and O–H groups in total. The Bertz CT molecular complexity index is 1200. The average Bonchev–Trinajstić information content (AvgIpc) is 3.09. The van der Waals surface area contributed by atoms with Gasteiger partial charge in [-0.05, 0) is 40.8 Å². The van der Waals surface area contributed by atoms with Crippen molar-refractivity contribution in [2.45, 2.75) is 33.9 Å². The molecule has 2 aliphatic rings. The number of thioether (sulfide) groups is 1. The van der Waals surface area contributed by atoms with E-state index in [0.29, 0.717) is 11.3 Å². The van der Waals surface area contributed by atoms with Crippen molar-refractivity contribution >= 4 is 51.5 Å². The number of nitro benzene ring substituents is 1. The van der Waals surface area contributed by atoms with Gasteiger partial charge in [0.25, 0.3) is 5.69 Å². The number of carboxylic acid groups (broad SMARTS) is 1. The van der Waals surface area contributed by atoms with Crippen molar-refractivity contribution in [3.8, 4) is 0 Å². The van der Waals surface area contributed by atoms with Gasteiger partial charge in [0.15, 0.2) is 0 Å². The molecule has 0 radical (unpaired) electrons. The van der Waals surface area contributed by atoms with Gasteiger partial charge in [-0.3, -0.25) is 10.1 Å². The van der Waals surface area contributed by atoms with Gasteiger partial charge in [0.1, 0.15) is 6.04 Å². The highest BCUT2D eigenvalue weighted by molar-refractivity contribution is 8.00. The fourth-order valence-electron chi connectivity index (χ4n) is 5.01. The first-order valence-corrected chi connectivity index (χ1v) is 11.3. The van der Waals surface area contributed by atoms with Crippen LogP contribution in [0.3, 0.4) is 0 Å². The maximum absolute atomic E-state index is 12.1. The maximum Gasteiger partial charge on any atom is 0.326 e. The van der Waals surface area contributed by atoms with Crippen molar-refractivity contribution in [3.63, 3.8) is 0 Å². The zero-order chi connectivity index (χ0) is 21.7. The number of aliphatic carboxylic acids is 1. The normalized spacial score (nSPS) is 26.7. The summed E-state index contributed by atoms with van der Waals surface area (Å²) in [7, 11) is 0. The number of anilines is 1. The number of nitrogens with one attached hydrogen (secondary N) is 1. The van der Waals surface area contributed by atoms with Gasteiger partial charge in [0.05, 0.1) is 15.2 Å². The Morgan fingerprint density at radius 2 is 1.87 bits per heavy atom. The predicted molar refractivity (Wildman–Crippen MR) is 122 cm³/mol. The lowest BCUT2D eigenvalue weighted by atomic mass is 9.77. The first kappa shape index (κ1) is 20.2. The molecule has 5 rings (SSSR count). The van der Waals surface area contributed by atoms with Gasteiger partial charge < -0.3 is 10.4 Å². The van der Waals surface area contributed by atoms with Crippen LogP contribution in [-0.2, 0) is 4.79 Å². The molecule has 8 heteroatoms. The second-order valence-electron chi connectivity index (χ2n) is 7.96. The molecule has 0 aromatic heterocycles. The van der Waals surface area contributed by atoms with Gasteiger partial charge in [0, 0.05) is 22.9 Å². The van der Waals surface area contributed by atoms with Crippen LogP contribution in [0.15, 0.2) is 65.6 Å². The molecule has 0 amide bonds. The first-order chi connectivity index (χ1) is 15.0. The number of nitrogens with zero attached hydrogens (tertiary/aromatic N) is 1. The Morgan fingerprint density at radius 3 is 2.65 bits per heavy atom. The average molecular weight is 455 g/mol. The second kappa shape index (κ2) is 7.73. The van der Waals surface area contributed by atoms with E-state index in [1.165, 1.54) is 17.8 Å². The van der Waals surface area contributed by atoms with Gasteiger partial charge in [-0.25, -0.2) is 4.79 Å². The zero-order valence-electron chi connectivity index (χ0n) is 16.3. The lowest BCUT2D eigenvalue weighted by molar-refractivity contribution is -0.387. The summed E-state index contributed by atoms with van der Waals surface area (Å²) in [5.74, 6) is -1.28. The number of hydrogen-bond acceptors (Lipinski definition) is 5. The van der Waals surface area contributed by atoms with Crippen LogP contribution in [-0.4, -0.2) is 32.7 Å². The van der Waals surface area contributed by atoms with Gasteiger partial charge in [-0.1, -0.05) is 42.5 Å². The predicted octanol–water partition coefficient (Wildman–Crippen LogP) is 5.50. The van der Waals surface area contributed by atoms with Gasteiger partial charge >= 0.3 is 5.97 Å². The molecule has 3 aromatic rings. The van der Waals surface area contributed by atoms with Crippen LogP contribution >= 0.6 is 23.4 Å². The SMILES string of the molecule is O=C(O)[C@@H]1Nc2ccc3ccccc3c2[C@H]2[C@@H](Cl)[C@@H](Sc3ccccc3[N+](=O)[O-])C[C@H]21. The third kappa shape index (κ3) is 3.32. The quantitative estimate of drug-likeness (QED) is 0.307. The summed E-state index contributed by atoms with van der Waals surface area (Å²) in [6.45, 7) is 0. The summed E-state index contributed by atoms with van der Waals surface area (Å²) < 4.78 is 0. The Kier molecular flexibility index (Phi) is 5.02. The summed E-state index contributed by atoms with van der Waals surface area (Å²) in [4.78, 5) is 23.7. The molecule has 1 fully saturated rings. The third-order valence-electron chi connectivity index (χ3n) is 6.31. The summed E-state index contributed by atoms with van der Waals surface area (Å²) in [5, 5.41) is 26.2. The number of alkyl halides is 1. The minimum absolute atomic E-state index is 0.0463. The summed E-state index contributed by atoms with van der Waals surface area (Å²) in [6, 6.07) is 17.8. The Morgan fingerprint density at radius 1 is 1.13 bits per heavy atom. The van der Waals surface area contributed by atoms with Crippen molar-refractivity contribution in [2.24, 2.45) is 5.92 Å². The summed E-state index contributed by atoms with van der Waals surface area (Å²) in [6.07, 6.45) is 0.558. The van der Waals surface area contributed by atoms with Crippen LogP contribution in [0.4, 0.5) is 11.4 Å². The van der Waals surface area contributed by atoms with E-state index in [4.69, 9.17) is 11.6 Å². The van der Waals surface area contributed by atoms with Crippen LogP contribution in [0.2, 0.25) is 0 Å². The molecule has 5 atom stereocenters. The van der Waals surface area contributed by atoms with E-state index < -0.39 is 16.9 Å². The van der Waals surface area contributed by atoms with Crippen molar-refractivity contribution in [2.75, 3.05) is 5.32 Å². The minimum atomic E-state index is -0.908. The minimum Gasteiger partial charge on any atom is -0.480 e. The molecule has 0 bridgehead atoms. The fraction of sp³-hybridized carbons (Fsp3) is 0.261. The smallest absolute Gasteiger partial charge is 0.326 e. The highest BCUT2D eigenvalue weighted by Crippen LogP contribution is 2.56. The number of para-hydroxylation sites is 1. The number of rotatable bonds is 4. The molecule has 0 saturated heterocycles. The summed E-state index contributed by atoms with van der Waals surface area (Å²) >= 11 is 8.40. The first-order valence-electron chi connectivity index (χ1n) is 10.0. The number of halogens is 1. The lowest BCUT2D eigenvalue weighted by Gasteiger charge is -2.36. The van der Waals surface area contributed by atoms with Crippen LogP contribution in [0.5, 0.6) is 0 Å².